The molecule has 3 aromatic rings. The zero-order valence-corrected chi connectivity index (χ0v) is 17.2. The van der Waals surface area contributed by atoms with Gasteiger partial charge >= 0.3 is 0 Å². The summed E-state index contributed by atoms with van der Waals surface area (Å²) in [7, 11) is 0. The predicted octanol–water partition coefficient (Wildman–Crippen LogP) is 4.38. The smallest absolute Gasteiger partial charge is 0.242 e. The fraction of sp³-hybridized carbons (Fsp3) is 0.304. The summed E-state index contributed by atoms with van der Waals surface area (Å²) in [5.74, 6) is 0.453. The number of para-hydroxylation sites is 2. The largest absolute Gasteiger partial charge is 0.341 e. The SMILES string of the molecule is O=C(CSc1cn(CC(=O)N2CCCCC2)c2ccccc12)Nc1ccccc1. The molecule has 0 unspecified atom stereocenters. The van der Waals surface area contributed by atoms with Gasteiger partial charge in [-0.25, -0.2) is 0 Å². The number of nitrogens with one attached hydrogen (secondary N) is 1. The second-order valence-electron chi connectivity index (χ2n) is 7.28. The Kier molecular flexibility index (Phi) is 6.20. The minimum Gasteiger partial charge on any atom is -0.341 e. The molecule has 2 aromatic carbocycles. The monoisotopic (exact) mass is 407 g/mol. The minimum absolute atomic E-state index is 0.0394. The summed E-state index contributed by atoms with van der Waals surface area (Å²) >= 11 is 1.50. The van der Waals surface area contributed by atoms with Gasteiger partial charge < -0.3 is 14.8 Å². The summed E-state index contributed by atoms with van der Waals surface area (Å²) in [6.07, 6.45) is 5.40. The average molecular weight is 408 g/mol. The zero-order valence-electron chi connectivity index (χ0n) is 16.3. The minimum atomic E-state index is -0.0394. The van der Waals surface area contributed by atoms with Crippen molar-refractivity contribution in [1.29, 1.82) is 0 Å². The quantitative estimate of drug-likeness (QED) is 0.617. The number of carbonyl (C=O) groups excluding carboxylic acids is 2. The summed E-state index contributed by atoms with van der Waals surface area (Å²) in [5.41, 5.74) is 1.83. The van der Waals surface area contributed by atoms with Crippen molar-refractivity contribution < 1.29 is 9.59 Å². The van der Waals surface area contributed by atoms with Gasteiger partial charge in [-0.15, -0.1) is 11.8 Å². The fourth-order valence-corrected chi connectivity index (χ4v) is 4.60. The summed E-state index contributed by atoms with van der Waals surface area (Å²) in [4.78, 5) is 28.0. The molecule has 2 heterocycles. The number of benzene rings is 2. The number of rotatable bonds is 6. The maximum absolute atomic E-state index is 12.7. The van der Waals surface area contributed by atoms with Crippen molar-refractivity contribution in [3.8, 4) is 0 Å². The van der Waals surface area contributed by atoms with E-state index in [1.807, 2.05) is 64.2 Å². The van der Waals surface area contributed by atoms with E-state index in [1.165, 1.54) is 18.2 Å². The fourth-order valence-electron chi connectivity index (χ4n) is 3.71. The maximum Gasteiger partial charge on any atom is 0.242 e. The van der Waals surface area contributed by atoms with Crippen LogP contribution in [0.1, 0.15) is 19.3 Å². The van der Waals surface area contributed by atoms with E-state index in [0.29, 0.717) is 12.3 Å². The van der Waals surface area contributed by atoms with Crippen molar-refractivity contribution in [3.63, 3.8) is 0 Å². The maximum atomic E-state index is 12.7. The predicted molar refractivity (Wildman–Crippen MR) is 118 cm³/mol. The van der Waals surface area contributed by atoms with Crippen LogP contribution in [0, 0.1) is 0 Å². The number of thioether (sulfide) groups is 1. The molecule has 0 spiro atoms. The summed E-state index contributed by atoms with van der Waals surface area (Å²) in [6.45, 7) is 2.07. The van der Waals surface area contributed by atoms with Crippen molar-refractivity contribution >= 4 is 40.2 Å². The Morgan fingerprint density at radius 2 is 1.66 bits per heavy atom. The van der Waals surface area contributed by atoms with Gasteiger partial charge in [-0.05, 0) is 37.5 Å². The molecule has 1 N–H and O–H groups in total. The van der Waals surface area contributed by atoms with Crippen LogP contribution in [0.25, 0.3) is 10.9 Å². The first kappa shape index (κ1) is 19.6. The van der Waals surface area contributed by atoms with Crippen LogP contribution < -0.4 is 5.32 Å². The Labute approximate surface area is 175 Å². The van der Waals surface area contributed by atoms with Crippen molar-refractivity contribution in [2.75, 3.05) is 24.2 Å². The van der Waals surface area contributed by atoms with Gasteiger partial charge in [-0.2, -0.15) is 0 Å². The number of anilines is 1. The third-order valence-corrected chi connectivity index (χ3v) is 6.23. The van der Waals surface area contributed by atoms with E-state index in [9.17, 15) is 9.59 Å². The van der Waals surface area contributed by atoms with Crippen molar-refractivity contribution in [2.45, 2.75) is 30.7 Å². The Hall–Kier alpha value is -2.73. The third-order valence-electron chi connectivity index (χ3n) is 5.18. The van der Waals surface area contributed by atoms with E-state index >= 15 is 0 Å². The molecule has 0 atom stereocenters. The molecule has 0 aliphatic carbocycles. The highest BCUT2D eigenvalue weighted by atomic mass is 32.2. The van der Waals surface area contributed by atoms with E-state index in [-0.39, 0.29) is 11.8 Å². The van der Waals surface area contributed by atoms with Gasteiger partial charge in [0, 0.05) is 40.8 Å². The highest BCUT2D eigenvalue weighted by molar-refractivity contribution is 8.00. The molecule has 5 nitrogen and oxygen atoms in total. The van der Waals surface area contributed by atoms with Crippen LogP contribution in [0.3, 0.4) is 0 Å². The number of hydrogen-bond acceptors (Lipinski definition) is 3. The molecule has 1 aliphatic rings. The molecule has 0 bridgehead atoms. The molecule has 29 heavy (non-hydrogen) atoms. The number of likely N-dealkylation sites (tertiary alicyclic amines) is 1. The lowest BCUT2D eigenvalue weighted by Gasteiger charge is -2.27. The highest BCUT2D eigenvalue weighted by Gasteiger charge is 2.18. The van der Waals surface area contributed by atoms with Crippen LogP contribution in [0.4, 0.5) is 5.69 Å². The van der Waals surface area contributed by atoms with Crippen LogP contribution >= 0.6 is 11.8 Å². The molecule has 150 valence electrons. The van der Waals surface area contributed by atoms with Gasteiger partial charge in [-0.1, -0.05) is 36.4 Å². The summed E-state index contributed by atoms with van der Waals surface area (Å²) in [6, 6.07) is 17.5. The second-order valence-corrected chi connectivity index (χ2v) is 8.30. The molecule has 1 fully saturated rings. The van der Waals surface area contributed by atoms with Gasteiger partial charge in [0.05, 0.1) is 5.75 Å². The number of amides is 2. The van der Waals surface area contributed by atoms with Crippen molar-refractivity contribution in [1.82, 2.24) is 9.47 Å². The first-order valence-electron chi connectivity index (χ1n) is 10.0. The Morgan fingerprint density at radius 3 is 2.45 bits per heavy atom. The van der Waals surface area contributed by atoms with Crippen molar-refractivity contribution in [3.05, 3.63) is 60.8 Å². The summed E-state index contributed by atoms with van der Waals surface area (Å²) in [5, 5.41) is 3.99. The van der Waals surface area contributed by atoms with E-state index in [4.69, 9.17) is 0 Å². The Morgan fingerprint density at radius 1 is 0.931 bits per heavy atom. The molecular weight excluding hydrogens is 382 g/mol. The number of hydrogen-bond donors (Lipinski definition) is 1. The topological polar surface area (TPSA) is 54.3 Å². The summed E-state index contributed by atoms with van der Waals surface area (Å²) < 4.78 is 2.02. The van der Waals surface area contributed by atoms with Gasteiger partial charge in [0.25, 0.3) is 0 Å². The molecule has 2 amide bonds. The standard InChI is InChI=1S/C23H25N3O2S/c27-22(24-18-9-3-1-4-10-18)17-29-21-15-26(20-12-6-5-11-19(20)21)16-23(28)25-13-7-2-8-14-25/h1,3-6,9-12,15H,2,7-8,13-14,16-17H2,(H,24,27). The van der Waals surface area contributed by atoms with E-state index in [1.54, 1.807) is 0 Å². The van der Waals surface area contributed by atoms with Crippen LogP contribution in [-0.2, 0) is 16.1 Å². The molecule has 0 saturated carbocycles. The first-order valence-corrected chi connectivity index (χ1v) is 11.0. The van der Waals surface area contributed by atoms with Gasteiger partial charge in [0.2, 0.25) is 11.8 Å². The highest BCUT2D eigenvalue weighted by Crippen LogP contribution is 2.30. The van der Waals surface area contributed by atoms with Crippen LogP contribution in [0.15, 0.2) is 65.7 Å². The molecule has 6 heteroatoms. The lowest BCUT2D eigenvalue weighted by Crippen LogP contribution is -2.37. The van der Waals surface area contributed by atoms with Gasteiger partial charge in [-0.3, -0.25) is 9.59 Å². The van der Waals surface area contributed by atoms with E-state index in [0.717, 1.165) is 47.4 Å². The normalized spacial score (nSPS) is 14.1. The van der Waals surface area contributed by atoms with Gasteiger partial charge in [0.15, 0.2) is 0 Å². The number of fused-ring (bicyclic) bond motifs is 1. The Bertz CT molecular complexity index is 994. The molecular formula is C23H25N3O2S. The number of piperidine rings is 1. The molecule has 1 aliphatic heterocycles. The zero-order chi connectivity index (χ0) is 20.1. The van der Waals surface area contributed by atoms with E-state index in [2.05, 4.69) is 11.4 Å². The average Bonchev–Trinajstić information content (AvgIpc) is 3.11. The first-order chi connectivity index (χ1) is 14.2. The number of carbonyl (C=O) groups is 2. The van der Waals surface area contributed by atoms with E-state index < -0.39 is 0 Å². The lowest BCUT2D eigenvalue weighted by molar-refractivity contribution is -0.132. The molecule has 1 aromatic heterocycles. The molecule has 4 rings (SSSR count). The molecule has 0 radical (unpaired) electrons. The van der Waals surface area contributed by atoms with Crippen LogP contribution in [-0.4, -0.2) is 40.1 Å². The number of nitrogens with zero attached hydrogens (tertiary/aromatic N) is 2. The number of aromatic nitrogens is 1. The third kappa shape index (κ3) is 4.82. The van der Waals surface area contributed by atoms with Crippen LogP contribution in [0.5, 0.6) is 0 Å². The second kappa shape index (κ2) is 9.18. The van der Waals surface area contributed by atoms with Gasteiger partial charge in [0.1, 0.15) is 6.54 Å². The lowest BCUT2D eigenvalue weighted by atomic mass is 10.1. The molecule has 1 saturated heterocycles. The van der Waals surface area contributed by atoms with Crippen molar-refractivity contribution in [2.24, 2.45) is 0 Å². The van der Waals surface area contributed by atoms with Crippen LogP contribution in [0.2, 0.25) is 0 Å². The Balaban J connectivity index is 1.45.